The number of piperidine rings is 1. The van der Waals surface area contributed by atoms with E-state index in [-0.39, 0.29) is 6.54 Å². The zero-order valence-corrected chi connectivity index (χ0v) is 9.31. The molecule has 0 bridgehead atoms. The summed E-state index contributed by atoms with van der Waals surface area (Å²) >= 11 is 0. The number of alkyl halides is 3. The standard InChI is InChI=1S/C10H17F3N2O/c1-8-2-5-15(6-3-8)7-4-14-9(16)10(11,12)13/h8H,2-7H2,1H3,(H,14,16). The summed E-state index contributed by atoms with van der Waals surface area (Å²) in [7, 11) is 0. The summed E-state index contributed by atoms with van der Waals surface area (Å²) in [5.74, 6) is -1.15. The van der Waals surface area contributed by atoms with Crippen LogP contribution in [-0.4, -0.2) is 43.2 Å². The van der Waals surface area contributed by atoms with Gasteiger partial charge in [-0.15, -0.1) is 0 Å². The van der Waals surface area contributed by atoms with Gasteiger partial charge in [0.1, 0.15) is 0 Å². The van der Waals surface area contributed by atoms with Crippen LogP contribution in [0.1, 0.15) is 19.8 Å². The Labute approximate surface area is 93.0 Å². The maximum absolute atomic E-state index is 11.8. The Kier molecular flexibility index (Phi) is 4.58. The Morgan fingerprint density at radius 2 is 1.94 bits per heavy atom. The third-order valence-electron chi connectivity index (χ3n) is 2.85. The molecule has 0 aliphatic carbocycles. The van der Waals surface area contributed by atoms with E-state index in [0.29, 0.717) is 12.5 Å². The second kappa shape index (κ2) is 5.52. The molecule has 1 saturated heterocycles. The number of amides is 1. The van der Waals surface area contributed by atoms with E-state index in [9.17, 15) is 18.0 Å². The predicted octanol–water partition coefficient (Wildman–Crippen LogP) is 1.40. The van der Waals surface area contributed by atoms with E-state index in [1.165, 1.54) is 0 Å². The molecule has 0 aromatic heterocycles. The van der Waals surface area contributed by atoms with Crippen molar-refractivity contribution in [1.29, 1.82) is 0 Å². The van der Waals surface area contributed by atoms with E-state index in [2.05, 4.69) is 11.8 Å². The van der Waals surface area contributed by atoms with Gasteiger partial charge >= 0.3 is 12.1 Å². The van der Waals surface area contributed by atoms with Crippen molar-refractivity contribution in [2.75, 3.05) is 26.2 Å². The predicted molar refractivity (Wildman–Crippen MR) is 53.9 cm³/mol. The number of carbonyl (C=O) groups excluding carboxylic acids is 1. The van der Waals surface area contributed by atoms with Gasteiger partial charge in [0.25, 0.3) is 0 Å². The molecule has 1 aliphatic rings. The molecule has 16 heavy (non-hydrogen) atoms. The van der Waals surface area contributed by atoms with Crippen LogP contribution in [0.5, 0.6) is 0 Å². The molecule has 94 valence electrons. The highest BCUT2D eigenvalue weighted by Crippen LogP contribution is 2.16. The molecule has 1 aliphatic heterocycles. The van der Waals surface area contributed by atoms with E-state index < -0.39 is 12.1 Å². The molecule has 0 saturated carbocycles. The van der Waals surface area contributed by atoms with Crippen molar-refractivity contribution in [2.24, 2.45) is 5.92 Å². The lowest BCUT2D eigenvalue weighted by atomic mass is 9.99. The van der Waals surface area contributed by atoms with Crippen LogP contribution in [0.25, 0.3) is 0 Å². The van der Waals surface area contributed by atoms with E-state index in [0.717, 1.165) is 25.9 Å². The van der Waals surface area contributed by atoms with Crippen LogP contribution in [0.2, 0.25) is 0 Å². The van der Waals surface area contributed by atoms with Gasteiger partial charge in [0.05, 0.1) is 0 Å². The van der Waals surface area contributed by atoms with E-state index in [4.69, 9.17) is 0 Å². The highest BCUT2D eigenvalue weighted by Gasteiger charge is 2.38. The van der Waals surface area contributed by atoms with Crippen LogP contribution < -0.4 is 5.32 Å². The fourth-order valence-corrected chi connectivity index (χ4v) is 1.71. The SMILES string of the molecule is CC1CCN(CCNC(=O)C(F)(F)F)CC1. The average Bonchev–Trinajstić information content (AvgIpc) is 2.19. The topological polar surface area (TPSA) is 32.3 Å². The van der Waals surface area contributed by atoms with Gasteiger partial charge in [-0.2, -0.15) is 13.2 Å². The summed E-state index contributed by atoms with van der Waals surface area (Å²) in [6.45, 7) is 4.54. The lowest BCUT2D eigenvalue weighted by molar-refractivity contribution is -0.173. The first kappa shape index (κ1) is 13.3. The van der Waals surface area contributed by atoms with Gasteiger partial charge in [-0.05, 0) is 31.8 Å². The Morgan fingerprint density at radius 3 is 2.44 bits per heavy atom. The molecular weight excluding hydrogens is 221 g/mol. The highest BCUT2D eigenvalue weighted by molar-refractivity contribution is 5.81. The maximum atomic E-state index is 11.8. The van der Waals surface area contributed by atoms with Crippen molar-refractivity contribution in [1.82, 2.24) is 10.2 Å². The van der Waals surface area contributed by atoms with Crippen molar-refractivity contribution >= 4 is 5.91 Å². The maximum Gasteiger partial charge on any atom is 0.471 e. The smallest absolute Gasteiger partial charge is 0.347 e. The largest absolute Gasteiger partial charge is 0.471 e. The lowest BCUT2D eigenvalue weighted by Crippen LogP contribution is -2.43. The zero-order valence-electron chi connectivity index (χ0n) is 9.31. The van der Waals surface area contributed by atoms with Gasteiger partial charge in [0.2, 0.25) is 0 Å². The summed E-state index contributed by atoms with van der Waals surface area (Å²) in [6, 6.07) is 0. The zero-order chi connectivity index (χ0) is 12.2. The number of rotatable bonds is 3. The molecule has 0 atom stereocenters. The first-order valence-electron chi connectivity index (χ1n) is 5.47. The van der Waals surface area contributed by atoms with Crippen LogP contribution in [0, 0.1) is 5.92 Å². The van der Waals surface area contributed by atoms with Crippen LogP contribution in [0.4, 0.5) is 13.2 Å². The Bertz CT molecular complexity index is 235. The molecule has 1 heterocycles. The number of nitrogens with zero attached hydrogens (tertiary/aromatic N) is 1. The van der Waals surface area contributed by atoms with E-state index in [1.807, 2.05) is 5.32 Å². The van der Waals surface area contributed by atoms with Gasteiger partial charge in [0.15, 0.2) is 0 Å². The lowest BCUT2D eigenvalue weighted by Gasteiger charge is -2.30. The van der Waals surface area contributed by atoms with Crippen LogP contribution >= 0.6 is 0 Å². The fourth-order valence-electron chi connectivity index (χ4n) is 1.71. The molecule has 3 nitrogen and oxygen atoms in total. The van der Waals surface area contributed by atoms with Gasteiger partial charge in [-0.3, -0.25) is 4.79 Å². The van der Waals surface area contributed by atoms with Gasteiger partial charge in [-0.1, -0.05) is 6.92 Å². The minimum Gasteiger partial charge on any atom is -0.347 e. The second-order valence-corrected chi connectivity index (χ2v) is 4.28. The molecule has 6 heteroatoms. The molecule has 0 aromatic rings. The molecule has 1 amide bonds. The third-order valence-corrected chi connectivity index (χ3v) is 2.85. The van der Waals surface area contributed by atoms with Crippen LogP contribution in [-0.2, 0) is 4.79 Å². The van der Waals surface area contributed by atoms with Gasteiger partial charge in [0, 0.05) is 13.1 Å². The summed E-state index contributed by atoms with van der Waals surface area (Å²) in [5, 5.41) is 1.88. The molecule has 0 unspecified atom stereocenters. The van der Waals surface area contributed by atoms with Crippen LogP contribution in [0.15, 0.2) is 0 Å². The number of hydrogen-bond donors (Lipinski definition) is 1. The summed E-state index contributed by atoms with van der Waals surface area (Å²) in [5.41, 5.74) is 0. The Hall–Kier alpha value is -0.780. The summed E-state index contributed by atoms with van der Waals surface area (Å²) in [6.07, 6.45) is -2.61. The van der Waals surface area contributed by atoms with Crippen molar-refractivity contribution in [2.45, 2.75) is 25.9 Å². The molecular formula is C10H17F3N2O. The number of likely N-dealkylation sites (tertiary alicyclic amines) is 1. The quantitative estimate of drug-likeness (QED) is 0.806. The normalized spacial score (nSPS) is 19.8. The van der Waals surface area contributed by atoms with Crippen molar-refractivity contribution in [3.05, 3.63) is 0 Å². The number of nitrogens with one attached hydrogen (secondary N) is 1. The monoisotopic (exact) mass is 238 g/mol. The second-order valence-electron chi connectivity index (χ2n) is 4.28. The molecule has 1 fully saturated rings. The minimum absolute atomic E-state index is 0.0622. The van der Waals surface area contributed by atoms with Crippen LogP contribution in [0.3, 0.4) is 0 Å². The number of halogens is 3. The minimum atomic E-state index is -4.77. The first-order chi connectivity index (χ1) is 7.39. The van der Waals surface area contributed by atoms with Crippen molar-refractivity contribution in [3.63, 3.8) is 0 Å². The number of hydrogen-bond acceptors (Lipinski definition) is 2. The molecule has 0 radical (unpaired) electrons. The van der Waals surface area contributed by atoms with Gasteiger partial charge < -0.3 is 10.2 Å². The molecule has 0 aromatic carbocycles. The molecule has 1 N–H and O–H groups in total. The first-order valence-corrected chi connectivity index (χ1v) is 5.47. The fraction of sp³-hybridized carbons (Fsp3) is 0.900. The Balaban J connectivity index is 2.14. The van der Waals surface area contributed by atoms with E-state index in [1.54, 1.807) is 0 Å². The molecule has 1 rings (SSSR count). The summed E-state index contributed by atoms with van der Waals surface area (Å²) < 4.78 is 35.5. The van der Waals surface area contributed by atoms with Crippen molar-refractivity contribution in [3.8, 4) is 0 Å². The van der Waals surface area contributed by atoms with Gasteiger partial charge in [-0.25, -0.2) is 0 Å². The molecule has 0 spiro atoms. The highest BCUT2D eigenvalue weighted by atomic mass is 19.4. The number of carbonyl (C=O) groups is 1. The van der Waals surface area contributed by atoms with E-state index >= 15 is 0 Å². The summed E-state index contributed by atoms with van der Waals surface area (Å²) in [4.78, 5) is 12.6. The third kappa shape index (κ3) is 4.38. The Morgan fingerprint density at radius 1 is 1.38 bits per heavy atom. The van der Waals surface area contributed by atoms with Crippen molar-refractivity contribution < 1.29 is 18.0 Å². The average molecular weight is 238 g/mol.